The lowest BCUT2D eigenvalue weighted by Gasteiger charge is -1.97. The fourth-order valence-corrected chi connectivity index (χ4v) is 0.996. The number of rotatable bonds is 7. The molecule has 0 aliphatic rings. The van der Waals surface area contributed by atoms with E-state index >= 15 is 0 Å². The van der Waals surface area contributed by atoms with Crippen LogP contribution in [0.25, 0.3) is 0 Å². The summed E-state index contributed by atoms with van der Waals surface area (Å²) >= 11 is 0. The predicted molar refractivity (Wildman–Crippen MR) is 45.7 cm³/mol. The molecule has 0 spiro atoms. The number of hydrogen-bond donors (Lipinski definition) is 1. The highest BCUT2D eigenvalue weighted by atomic mass is 14.5. The van der Waals surface area contributed by atoms with Crippen molar-refractivity contribution in [1.82, 2.24) is 0 Å². The lowest BCUT2D eigenvalue weighted by molar-refractivity contribution is 0.600. The van der Waals surface area contributed by atoms with Crippen molar-refractivity contribution < 1.29 is 0 Å². The molecule has 0 saturated carbocycles. The molecule has 0 fully saturated rings. The maximum Gasteiger partial charge on any atom is -0.00773 e. The van der Waals surface area contributed by atoms with E-state index in [1.54, 1.807) is 0 Å². The molecule has 0 aromatic rings. The molecule has 0 aromatic carbocycles. The van der Waals surface area contributed by atoms with E-state index in [9.17, 15) is 0 Å². The molecule has 60 valence electrons. The molecule has 1 nitrogen and oxygen atoms in total. The van der Waals surface area contributed by atoms with Crippen LogP contribution in [0.1, 0.15) is 44.9 Å². The molecule has 0 unspecified atom stereocenters. The summed E-state index contributed by atoms with van der Waals surface area (Å²) in [5.74, 6) is 0. The van der Waals surface area contributed by atoms with Crippen molar-refractivity contribution in [2.75, 3.05) is 6.54 Å². The van der Waals surface area contributed by atoms with Gasteiger partial charge >= 0.3 is 0 Å². The second kappa shape index (κ2) is 8.96. The van der Waals surface area contributed by atoms with E-state index in [1.165, 1.54) is 38.5 Å². The van der Waals surface area contributed by atoms with Gasteiger partial charge in [0.1, 0.15) is 0 Å². The molecule has 0 bridgehead atoms. The zero-order valence-electron chi connectivity index (χ0n) is 6.81. The van der Waals surface area contributed by atoms with Gasteiger partial charge in [-0.2, -0.15) is 0 Å². The summed E-state index contributed by atoms with van der Waals surface area (Å²) in [6.07, 6.45) is 8.46. The van der Waals surface area contributed by atoms with Crippen LogP contribution < -0.4 is 5.73 Å². The van der Waals surface area contributed by atoms with Crippen molar-refractivity contribution in [1.29, 1.82) is 0 Å². The summed E-state index contributed by atoms with van der Waals surface area (Å²) in [6.45, 7) is 6.19. The van der Waals surface area contributed by atoms with Gasteiger partial charge in [-0.25, -0.2) is 0 Å². The summed E-state index contributed by atoms with van der Waals surface area (Å²) < 4.78 is 0. The van der Waals surface area contributed by atoms with E-state index in [-0.39, 0.29) is 0 Å². The third kappa shape index (κ3) is 7.96. The Balaban J connectivity index is 2.65. The molecule has 0 amide bonds. The highest BCUT2D eigenvalue weighted by Crippen LogP contribution is 2.05. The maximum atomic E-state index is 5.35. The number of nitrogens with two attached hydrogens (primary N) is 1. The average Bonchev–Trinajstić information content (AvgIpc) is 1.97. The summed E-state index contributed by atoms with van der Waals surface area (Å²) in [5.41, 5.74) is 5.35. The summed E-state index contributed by atoms with van der Waals surface area (Å²) in [4.78, 5) is 0. The van der Waals surface area contributed by atoms with Crippen LogP contribution in [-0.2, 0) is 0 Å². The van der Waals surface area contributed by atoms with Crippen molar-refractivity contribution in [2.45, 2.75) is 44.9 Å². The molecule has 10 heavy (non-hydrogen) atoms. The fourth-order valence-electron chi connectivity index (χ4n) is 0.996. The standard InChI is InChI=1S/C9H19N/c1-2-3-4-5-6-7-8-9-10/h1H,2-10H2. The topological polar surface area (TPSA) is 26.0 Å². The van der Waals surface area contributed by atoms with Gasteiger partial charge in [0.15, 0.2) is 0 Å². The quantitative estimate of drug-likeness (QED) is 0.541. The van der Waals surface area contributed by atoms with E-state index < -0.39 is 0 Å². The van der Waals surface area contributed by atoms with Gasteiger partial charge in [-0.05, 0) is 26.3 Å². The fraction of sp³-hybridized carbons (Fsp3) is 0.889. The predicted octanol–water partition coefficient (Wildman–Crippen LogP) is 2.39. The molecular weight excluding hydrogens is 122 g/mol. The number of unbranched alkanes of at least 4 members (excludes halogenated alkanes) is 6. The Labute approximate surface area is 65.0 Å². The normalized spacial score (nSPS) is 10.2. The average molecular weight is 141 g/mol. The van der Waals surface area contributed by atoms with Crippen molar-refractivity contribution >= 4 is 0 Å². The lowest BCUT2D eigenvalue weighted by Crippen LogP contribution is -1.97. The van der Waals surface area contributed by atoms with Gasteiger partial charge in [-0.15, -0.1) is 0 Å². The van der Waals surface area contributed by atoms with Gasteiger partial charge in [-0.1, -0.05) is 32.1 Å². The van der Waals surface area contributed by atoms with Gasteiger partial charge in [0, 0.05) is 0 Å². The summed E-state index contributed by atoms with van der Waals surface area (Å²) in [6, 6.07) is 0. The van der Waals surface area contributed by atoms with E-state index in [4.69, 9.17) is 12.7 Å². The van der Waals surface area contributed by atoms with Crippen LogP contribution in [0.4, 0.5) is 0 Å². The van der Waals surface area contributed by atoms with Gasteiger partial charge in [0.2, 0.25) is 0 Å². The van der Waals surface area contributed by atoms with E-state index in [0.29, 0.717) is 0 Å². The SMILES string of the molecule is [CH]CCCCCCCCN. The first kappa shape index (κ1) is 9.96. The van der Waals surface area contributed by atoms with Crippen LogP contribution in [0, 0.1) is 6.92 Å². The van der Waals surface area contributed by atoms with E-state index in [2.05, 4.69) is 0 Å². The number of hydrogen-bond acceptors (Lipinski definition) is 1. The molecule has 2 N–H and O–H groups in total. The minimum Gasteiger partial charge on any atom is -0.330 e. The van der Waals surface area contributed by atoms with Crippen LogP contribution in [0.15, 0.2) is 0 Å². The van der Waals surface area contributed by atoms with Crippen LogP contribution in [0.5, 0.6) is 0 Å². The first-order chi connectivity index (χ1) is 4.91. The van der Waals surface area contributed by atoms with Gasteiger partial charge < -0.3 is 5.73 Å². The largest absolute Gasteiger partial charge is 0.330 e. The van der Waals surface area contributed by atoms with Crippen molar-refractivity contribution in [2.24, 2.45) is 5.73 Å². The summed E-state index contributed by atoms with van der Waals surface area (Å²) in [7, 11) is 0. The van der Waals surface area contributed by atoms with Gasteiger partial charge in [0.25, 0.3) is 0 Å². The Morgan fingerprint density at radius 1 is 0.800 bits per heavy atom. The molecular formula is C9H19N. The Kier molecular flexibility index (Phi) is 8.92. The third-order valence-electron chi connectivity index (χ3n) is 1.66. The van der Waals surface area contributed by atoms with Crippen LogP contribution in [0.2, 0.25) is 0 Å². The molecule has 2 radical (unpaired) electrons. The molecule has 0 aromatic heterocycles. The van der Waals surface area contributed by atoms with Gasteiger partial charge in [-0.3, -0.25) is 0 Å². The molecule has 0 aliphatic heterocycles. The van der Waals surface area contributed by atoms with Crippen LogP contribution in [0.3, 0.4) is 0 Å². The highest BCUT2D eigenvalue weighted by molar-refractivity contribution is 4.46. The van der Waals surface area contributed by atoms with Crippen LogP contribution in [-0.4, -0.2) is 6.54 Å². The van der Waals surface area contributed by atoms with Crippen molar-refractivity contribution in [3.63, 3.8) is 0 Å². The first-order valence-electron chi connectivity index (χ1n) is 4.32. The molecule has 0 saturated heterocycles. The minimum absolute atomic E-state index is 0.844. The zero-order valence-corrected chi connectivity index (χ0v) is 6.81. The van der Waals surface area contributed by atoms with Crippen molar-refractivity contribution in [3.8, 4) is 0 Å². The van der Waals surface area contributed by atoms with E-state index in [1.807, 2.05) is 0 Å². The Morgan fingerprint density at radius 2 is 1.30 bits per heavy atom. The van der Waals surface area contributed by atoms with Crippen molar-refractivity contribution in [3.05, 3.63) is 6.92 Å². The molecule has 1 heteroatoms. The smallest absolute Gasteiger partial charge is 0.00773 e. The molecule has 0 heterocycles. The second-order valence-corrected chi connectivity index (χ2v) is 2.70. The van der Waals surface area contributed by atoms with Gasteiger partial charge in [0.05, 0.1) is 0 Å². The Hall–Kier alpha value is -0.0400. The zero-order chi connectivity index (χ0) is 7.66. The Bertz CT molecular complexity index is 44.7. The Morgan fingerprint density at radius 3 is 1.80 bits per heavy atom. The minimum atomic E-state index is 0.844. The summed E-state index contributed by atoms with van der Waals surface area (Å²) in [5, 5.41) is 0. The monoisotopic (exact) mass is 141 g/mol. The maximum absolute atomic E-state index is 5.35. The second-order valence-electron chi connectivity index (χ2n) is 2.70. The highest BCUT2D eigenvalue weighted by Gasteiger charge is 1.87. The third-order valence-corrected chi connectivity index (χ3v) is 1.66. The van der Waals surface area contributed by atoms with E-state index in [0.717, 1.165) is 13.0 Å². The van der Waals surface area contributed by atoms with Crippen LogP contribution >= 0.6 is 0 Å². The molecule has 0 rings (SSSR count). The molecule has 0 aliphatic carbocycles. The first-order valence-corrected chi connectivity index (χ1v) is 4.32. The molecule has 0 atom stereocenters. The lowest BCUT2D eigenvalue weighted by atomic mass is 10.1.